The number of carbonyl (C=O) groups is 1. The summed E-state index contributed by atoms with van der Waals surface area (Å²) in [4.78, 5) is 17.8. The van der Waals surface area contributed by atoms with Crippen LogP contribution in [0.25, 0.3) is 0 Å². The van der Waals surface area contributed by atoms with Gasteiger partial charge in [-0.3, -0.25) is 4.98 Å². The molecule has 0 unspecified atom stereocenters. The van der Waals surface area contributed by atoms with Crippen molar-refractivity contribution >= 4 is 6.03 Å². The molecule has 2 amide bonds. The van der Waals surface area contributed by atoms with Gasteiger partial charge in [-0.2, -0.15) is 0 Å². The fraction of sp³-hybridized carbons (Fsp3) is 0.182. The van der Waals surface area contributed by atoms with Gasteiger partial charge < -0.3 is 15.0 Å². The first-order valence-electron chi connectivity index (χ1n) is 8.94. The van der Waals surface area contributed by atoms with Crippen molar-refractivity contribution in [1.82, 2.24) is 15.2 Å². The second-order valence-electron chi connectivity index (χ2n) is 6.44. The third kappa shape index (κ3) is 5.81. The van der Waals surface area contributed by atoms with E-state index in [0.717, 1.165) is 22.4 Å². The monoisotopic (exact) mass is 379 g/mol. The Morgan fingerprint density at radius 1 is 1.07 bits per heavy atom. The molecule has 0 spiro atoms. The van der Waals surface area contributed by atoms with Crippen LogP contribution in [0.2, 0.25) is 0 Å². The molecular weight excluding hydrogens is 357 g/mol. The minimum absolute atomic E-state index is 0.221. The lowest BCUT2D eigenvalue weighted by Crippen LogP contribution is -2.36. The summed E-state index contributed by atoms with van der Waals surface area (Å²) in [6.45, 7) is 1.19. The molecule has 1 N–H and O–H groups in total. The number of pyridine rings is 1. The normalized spacial score (nSPS) is 10.4. The zero-order valence-electron chi connectivity index (χ0n) is 15.6. The molecule has 6 heteroatoms. The Bertz CT molecular complexity index is 901. The third-order valence-corrected chi connectivity index (χ3v) is 4.15. The van der Waals surface area contributed by atoms with Gasteiger partial charge in [-0.25, -0.2) is 9.18 Å². The molecule has 0 aliphatic carbocycles. The summed E-state index contributed by atoms with van der Waals surface area (Å²) in [5, 5.41) is 2.86. The molecule has 3 aromatic rings. The summed E-state index contributed by atoms with van der Waals surface area (Å²) in [5.41, 5.74) is 2.70. The van der Waals surface area contributed by atoms with Gasteiger partial charge in [0.05, 0.1) is 0 Å². The Morgan fingerprint density at radius 2 is 1.86 bits per heavy atom. The van der Waals surface area contributed by atoms with Crippen molar-refractivity contribution in [3.05, 3.63) is 95.6 Å². The van der Waals surface area contributed by atoms with Crippen LogP contribution in [0.4, 0.5) is 9.18 Å². The Kier molecular flexibility index (Phi) is 6.57. The van der Waals surface area contributed by atoms with E-state index in [1.54, 1.807) is 31.6 Å². The zero-order chi connectivity index (χ0) is 19.8. The predicted molar refractivity (Wildman–Crippen MR) is 105 cm³/mol. The molecule has 2 aromatic carbocycles. The largest absolute Gasteiger partial charge is 0.489 e. The molecule has 0 atom stereocenters. The number of rotatable bonds is 7. The van der Waals surface area contributed by atoms with Gasteiger partial charge in [0.15, 0.2) is 0 Å². The number of benzene rings is 2. The molecule has 3 rings (SSSR count). The van der Waals surface area contributed by atoms with Crippen LogP contribution in [-0.2, 0) is 19.7 Å². The van der Waals surface area contributed by atoms with Crippen molar-refractivity contribution in [2.45, 2.75) is 19.7 Å². The summed E-state index contributed by atoms with van der Waals surface area (Å²) in [5.74, 6) is 0.444. The molecule has 1 heterocycles. The molecule has 1 aromatic heterocycles. The summed E-state index contributed by atoms with van der Waals surface area (Å²) in [7, 11) is 1.68. The quantitative estimate of drug-likeness (QED) is 0.671. The second-order valence-corrected chi connectivity index (χ2v) is 6.44. The van der Waals surface area contributed by atoms with E-state index in [-0.39, 0.29) is 11.8 Å². The van der Waals surface area contributed by atoms with Gasteiger partial charge >= 0.3 is 6.03 Å². The minimum Gasteiger partial charge on any atom is -0.489 e. The third-order valence-electron chi connectivity index (χ3n) is 4.15. The van der Waals surface area contributed by atoms with Gasteiger partial charge in [-0.15, -0.1) is 0 Å². The molecule has 0 fully saturated rings. The van der Waals surface area contributed by atoms with Crippen LogP contribution >= 0.6 is 0 Å². The van der Waals surface area contributed by atoms with Crippen LogP contribution in [0.3, 0.4) is 0 Å². The Labute approximate surface area is 163 Å². The number of carbonyl (C=O) groups excluding carboxylic acids is 1. The lowest BCUT2D eigenvalue weighted by molar-refractivity contribution is 0.206. The molecule has 5 nitrogen and oxygen atoms in total. The SMILES string of the molecule is CN(Cc1cccc(F)c1)C(=O)NCc1ccc(OCc2cccnc2)cc1. The molecule has 144 valence electrons. The van der Waals surface area contributed by atoms with Gasteiger partial charge in [0.25, 0.3) is 0 Å². The summed E-state index contributed by atoms with van der Waals surface area (Å²) < 4.78 is 19.0. The lowest BCUT2D eigenvalue weighted by Gasteiger charge is -2.18. The number of hydrogen-bond donors (Lipinski definition) is 1. The number of ether oxygens (including phenoxy) is 1. The van der Waals surface area contributed by atoms with E-state index in [1.807, 2.05) is 36.4 Å². The Hall–Kier alpha value is -3.41. The Morgan fingerprint density at radius 3 is 2.57 bits per heavy atom. The van der Waals surface area contributed by atoms with Crippen LogP contribution in [0, 0.1) is 5.82 Å². The molecule has 0 aliphatic rings. The number of nitrogens with zero attached hydrogens (tertiary/aromatic N) is 2. The minimum atomic E-state index is -0.308. The van der Waals surface area contributed by atoms with E-state index in [2.05, 4.69) is 10.3 Å². The van der Waals surface area contributed by atoms with Crippen LogP contribution in [0.5, 0.6) is 5.75 Å². The van der Waals surface area contributed by atoms with Crippen LogP contribution in [-0.4, -0.2) is 23.0 Å². The van der Waals surface area contributed by atoms with Crippen LogP contribution in [0.1, 0.15) is 16.7 Å². The van der Waals surface area contributed by atoms with Crippen molar-refractivity contribution in [2.24, 2.45) is 0 Å². The summed E-state index contributed by atoms with van der Waals surface area (Å²) in [6.07, 6.45) is 3.49. The molecule has 0 aliphatic heterocycles. The lowest BCUT2D eigenvalue weighted by atomic mass is 10.2. The topological polar surface area (TPSA) is 54.5 Å². The van der Waals surface area contributed by atoms with E-state index in [1.165, 1.54) is 17.0 Å². The maximum Gasteiger partial charge on any atom is 0.317 e. The fourth-order valence-electron chi connectivity index (χ4n) is 2.65. The maximum absolute atomic E-state index is 13.2. The van der Waals surface area contributed by atoms with Crippen LogP contribution in [0.15, 0.2) is 73.1 Å². The van der Waals surface area contributed by atoms with E-state index < -0.39 is 0 Å². The van der Waals surface area contributed by atoms with E-state index in [0.29, 0.717) is 19.7 Å². The molecule has 0 bridgehead atoms. The smallest absolute Gasteiger partial charge is 0.317 e. The fourth-order valence-corrected chi connectivity index (χ4v) is 2.65. The zero-order valence-corrected chi connectivity index (χ0v) is 15.6. The van der Waals surface area contributed by atoms with Gasteiger partial charge in [0, 0.05) is 38.1 Å². The number of aromatic nitrogens is 1. The van der Waals surface area contributed by atoms with Crippen molar-refractivity contribution in [2.75, 3.05) is 7.05 Å². The number of halogens is 1. The highest BCUT2D eigenvalue weighted by atomic mass is 19.1. The number of amides is 2. The van der Waals surface area contributed by atoms with Gasteiger partial charge in [0.1, 0.15) is 18.2 Å². The molecule has 0 radical (unpaired) electrons. The first kappa shape index (κ1) is 19.4. The van der Waals surface area contributed by atoms with Crippen molar-refractivity contribution in [1.29, 1.82) is 0 Å². The predicted octanol–water partition coefficient (Wildman–Crippen LogP) is 4.14. The highest BCUT2D eigenvalue weighted by molar-refractivity contribution is 5.73. The van der Waals surface area contributed by atoms with Crippen molar-refractivity contribution in [3.8, 4) is 5.75 Å². The van der Waals surface area contributed by atoms with Gasteiger partial charge in [-0.1, -0.05) is 30.3 Å². The summed E-state index contributed by atoms with van der Waals surface area (Å²) >= 11 is 0. The highest BCUT2D eigenvalue weighted by Crippen LogP contribution is 2.14. The standard InChI is InChI=1S/C22H22FN3O2/c1-26(15-18-4-2-6-20(23)12-18)22(27)25-14-17-7-9-21(10-8-17)28-16-19-5-3-11-24-13-19/h2-13H,14-16H2,1H3,(H,25,27). The summed E-state index contributed by atoms with van der Waals surface area (Å²) in [6, 6.07) is 17.4. The number of nitrogens with one attached hydrogen (secondary N) is 1. The first-order chi connectivity index (χ1) is 13.6. The van der Waals surface area contributed by atoms with Crippen LogP contribution < -0.4 is 10.1 Å². The van der Waals surface area contributed by atoms with Crippen molar-refractivity contribution < 1.29 is 13.9 Å². The number of hydrogen-bond acceptors (Lipinski definition) is 3. The number of urea groups is 1. The average molecular weight is 379 g/mol. The molecular formula is C22H22FN3O2. The van der Waals surface area contributed by atoms with E-state index in [4.69, 9.17) is 4.74 Å². The molecule has 0 saturated carbocycles. The molecule has 0 saturated heterocycles. The van der Waals surface area contributed by atoms with E-state index in [9.17, 15) is 9.18 Å². The second kappa shape index (κ2) is 9.50. The highest BCUT2D eigenvalue weighted by Gasteiger charge is 2.09. The average Bonchev–Trinajstić information content (AvgIpc) is 2.72. The maximum atomic E-state index is 13.2. The first-order valence-corrected chi connectivity index (χ1v) is 8.94. The van der Waals surface area contributed by atoms with Gasteiger partial charge in [-0.05, 0) is 41.5 Å². The Balaban J connectivity index is 1.45. The van der Waals surface area contributed by atoms with Gasteiger partial charge in [0.2, 0.25) is 0 Å². The van der Waals surface area contributed by atoms with Crippen molar-refractivity contribution in [3.63, 3.8) is 0 Å². The van der Waals surface area contributed by atoms with E-state index >= 15 is 0 Å². The molecule has 28 heavy (non-hydrogen) atoms.